The molecule has 0 aliphatic carbocycles. The van der Waals surface area contributed by atoms with Gasteiger partial charge >= 0.3 is 12.2 Å². The van der Waals surface area contributed by atoms with Crippen LogP contribution in [0, 0.1) is 0 Å². The second-order valence-corrected chi connectivity index (χ2v) is 9.83. The number of amides is 2. The summed E-state index contributed by atoms with van der Waals surface area (Å²) in [6.07, 6.45) is -3.05. The van der Waals surface area contributed by atoms with E-state index in [2.05, 4.69) is 20.9 Å². The molecule has 9 heteroatoms. The van der Waals surface area contributed by atoms with Gasteiger partial charge in [-0.15, -0.1) is 0 Å². The molecule has 1 unspecified atom stereocenters. The van der Waals surface area contributed by atoms with Crippen molar-refractivity contribution in [3.8, 4) is 0 Å². The molecule has 3 aromatic carbocycles. The van der Waals surface area contributed by atoms with E-state index < -0.39 is 11.7 Å². The van der Waals surface area contributed by atoms with E-state index in [1.165, 1.54) is 12.1 Å². The largest absolute Gasteiger partial charge is 0.416 e. The van der Waals surface area contributed by atoms with Gasteiger partial charge in [0.05, 0.1) is 17.0 Å². The molecule has 2 aliphatic heterocycles. The average molecular weight is 536 g/mol. The number of carbonyl (C=O) groups is 1. The zero-order chi connectivity index (χ0) is 27.4. The first-order valence-corrected chi connectivity index (χ1v) is 13.1. The normalized spacial score (nSPS) is 18.4. The van der Waals surface area contributed by atoms with Crippen molar-refractivity contribution in [3.05, 3.63) is 107 Å². The zero-order valence-corrected chi connectivity index (χ0v) is 21.7. The Balaban J connectivity index is 1.30. The van der Waals surface area contributed by atoms with Gasteiger partial charge in [0.25, 0.3) is 0 Å². The van der Waals surface area contributed by atoms with Crippen molar-refractivity contribution in [3.63, 3.8) is 0 Å². The molecule has 2 heterocycles. The van der Waals surface area contributed by atoms with Gasteiger partial charge in [0.1, 0.15) is 6.17 Å². The lowest BCUT2D eigenvalue weighted by molar-refractivity contribution is -0.137. The Morgan fingerprint density at radius 2 is 1.54 bits per heavy atom. The van der Waals surface area contributed by atoms with Crippen molar-refractivity contribution in [2.24, 2.45) is 0 Å². The molecule has 2 amide bonds. The number of alkyl halides is 3. The number of piperidine rings is 1. The number of likely N-dealkylation sites (tertiary alicyclic amines) is 1. The number of nitrogens with one attached hydrogen (secondary N) is 3. The lowest BCUT2D eigenvalue weighted by Gasteiger charge is -2.38. The fraction of sp³-hybridized carbons (Fsp3) is 0.300. The van der Waals surface area contributed by atoms with Crippen LogP contribution < -0.4 is 20.9 Å². The Hall–Kier alpha value is -3.98. The number of hydrogen-bond acceptors (Lipinski definition) is 4. The van der Waals surface area contributed by atoms with E-state index >= 15 is 0 Å². The SMILES string of the molecule is CNC(=O)N(c1ccccc1)C1CCN(CC2=C(c3ccccc3)NC(c3ccc(C(F)(F)F)cc3)N2)CC1. The van der Waals surface area contributed by atoms with Gasteiger partial charge in [0, 0.05) is 38.4 Å². The highest BCUT2D eigenvalue weighted by atomic mass is 19.4. The predicted octanol–water partition coefficient (Wildman–Crippen LogP) is 5.58. The lowest BCUT2D eigenvalue weighted by atomic mass is 10.0. The van der Waals surface area contributed by atoms with Crippen LogP contribution in [-0.4, -0.2) is 43.7 Å². The van der Waals surface area contributed by atoms with Crippen LogP contribution in [0.15, 0.2) is 90.6 Å². The van der Waals surface area contributed by atoms with Crippen molar-refractivity contribution in [1.82, 2.24) is 20.9 Å². The van der Waals surface area contributed by atoms with E-state index in [4.69, 9.17) is 0 Å². The molecule has 0 aromatic heterocycles. The van der Waals surface area contributed by atoms with Gasteiger partial charge in [0.2, 0.25) is 0 Å². The van der Waals surface area contributed by atoms with Gasteiger partial charge in [-0.3, -0.25) is 9.80 Å². The maximum Gasteiger partial charge on any atom is 0.416 e. The van der Waals surface area contributed by atoms with E-state index in [9.17, 15) is 18.0 Å². The number of benzene rings is 3. The molecule has 0 bridgehead atoms. The Morgan fingerprint density at radius 3 is 2.13 bits per heavy atom. The summed E-state index contributed by atoms with van der Waals surface area (Å²) in [5.41, 5.74) is 3.90. The molecule has 5 rings (SSSR count). The third kappa shape index (κ3) is 6.04. The van der Waals surface area contributed by atoms with Crippen molar-refractivity contribution in [1.29, 1.82) is 0 Å². The van der Waals surface area contributed by atoms with Gasteiger partial charge in [-0.2, -0.15) is 13.2 Å². The molecule has 1 atom stereocenters. The second kappa shape index (κ2) is 11.4. The number of nitrogens with zero attached hydrogens (tertiary/aromatic N) is 2. The topological polar surface area (TPSA) is 59.6 Å². The Kier molecular flexibility index (Phi) is 7.79. The predicted molar refractivity (Wildman–Crippen MR) is 147 cm³/mol. The van der Waals surface area contributed by atoms with Gasteiger partial charge in [-0.1, -0.05) is 60.7 Å². The highest BCUT2D eigenvalue weighted by Crippen LogP contribution is 2.32. The summed E-state index contributed by atoms with van der Waals surface area (Å²) in [6, 6.07) is 24.9. The number of para-hydroxylation sites is 1. The summed E-state index contributed by atoms with van der Waals surface area (Å²) < 4.78 is 39.2. The maximum absolute atomic E-state index is 13.1. The van der Waals surface area contributed by atoms with Crippen molar-refractivity contribution in [2.45, 2.75) is 31.2 Å². The highest BCUT2D eigenvalue weighted by Gasteiger charge is 2.33. The molecule has 0 spiro atoms. The number of carbonyl (C=O) groups excluding carboxylic acids is 1. The van der Waals surface area contributed by atoms with Gasteiger partial charge in [0.15, 0.2) is 0 Å². The molecule has 204 valence electrons. The molecular weight excluding hydrogens is 503 g/mol. The van der Waals surface area contributed by atoms with Crippen LogP contribution in [0.4, 0.5) is 23.7 Å². The fourth-order valence-electron chi connectivity index (χ4n) is 5.29. The molecule has 3 aromatic rings. The minimum Gasteiger partial charge on any atom is -0.362 e. The van der Waals surface area contributed by atoms with Crippen LogP contribution in [0.3, 0.4) is 0 Å². The highest BCUT2D eigenvalue weighted by molar-refractivity contribution is 5.92. The molecule has 1 saturated heterocycles. The van der Waals surface area contributed by atoms with Gasteiger partial charge < -0.3 is 16.0 Å². The number of halogens is 3. The van der Waals surface area contributed by atoms with Gasteiger partial charge in [-0.05, 0) is 48.2 Å². The number of urea groups is 1. The lowest BCUT2D eigenvalue weighted by Crippen LogP contribution is -2.50. The first-order chi connectivity index (χ1) is 18.8. The second-order valence-electron chi connectivity index (χ2n) is 9.83. The Bertz CT molecular complexity index is 1290. The summed E-state index contributed by atoms with van der Waals surface area (Å²) in [5, 5.41) is 9.78. The molecule has 0 saturated carbocycles. The minimum atomic E-state index is -4.37. The Labute approximate surface area is 226 Å². The monoisotopic (exact) mass is 535 g/mol. The molecule has 2 aliphatic rings. The molecule has 3 N–H and O–H groups in total. The Morgan fingerprint density at radius 1 is 0.923 bits per heavy atom. The van der Waals surface area contributed by atoms with E-state index in [0.717, 1.165) is 66.3 Å². The van der Waals surface area contributed by atoms with Crippen LogP contribution >= 0.6 is 0 Å². The number of hydrogen-bond donors (Lipinski definition) is 3. The molecule has 39 heavy (non-hydrogen) atoms. The van der Waals surface area contributed by atoms with Crippen LogP contribution in [0.1, 0.15) is 35.7 Å². The smallest absolute Gasteiger partial charge is 0.362 e. The third-order valence-corrected chi connectivity index (χ3v) is 7.31. The summed E-state index contributed by atoms with van der Waals surface area (Å²) in [4.78, 5) is 16.9. The first kappa shape index (κ1) is 26.6. The van der Waals surface area contributed by atoms with E-state index in [1.807, 2.05) is 65.6 Å². The van der Waals surface area contributed by atoms with Crippen molar-refractivity contribution in [2.75, 3.05) is 31.6 Å². The summed E-state index contributed by atoms with van der Waals surface area (Å²) in [5.74, 6) is 0. The van der Waals surface area contributed by atoms with Crippen molar-refractivity contribution >= 4 is 17.4 Å². The van der Waals surface area contributed by atoms with E-state index in [0.29, 0.717) is 6.54 Å². The van der Waals surface area contributed by atoms with Crippen LogP contribution in [-0.2, 0) is 6.18 Å². The standard InChI is InChI=1S/C30H32F3N5O/c1-34-29(39)38(24-10-6-3-7-11-24)25-16-18-37(19-17-25)20-26-27(21-8-4-2-5-9-21)36-28(35-26)22-12-14-23(15-13-22)30(31,32)33/h2-15,25,28,35-36H,16-20H2,1H3,(H,34,39). The van der Waals surface area contributed by atoms with Crippen LogP contribution in [0.2, 0.25) is 0 Å². The fourth-order valence-corrected chi connectivity index (χ4v) is 5.29. The molecule has 6 nitrogen and oxygen atoms in total. The van der Waals surface area contributed by atoms with Crippen LogP contribution in [0.25, 0.3) is 5.70 Å². The quantitative estimate of drug-likeness (QED) is 0.386. The molecule has 0 radical (unpaired) electrons. The van der Waals surface area contributed by atoms with Gasteiger partial charge in [-0.25, -0.2) is 4.79 Å². The minimum absolute atomic E-state index is 0.0840. The summed E-state index contributed by atoms with van der Waals surface area (Å²) in [6.45, 7) is 2.28. The molecular formula is C30H32F3N5O. The number of anilines is 1. The molecule has 1 fully saturated rings. The maximum atomic E-state index is 13.1. The van der Waals surface area contributed by atoms with Crippen molar-refractivity contribution < 1.29 is 18.0 Å². The van der Waals surface area contributed by atoms with E-state index in [-0.39, 0.29) is 18.2 Å². The average Bonchev–Trinajstić information content (AvgIpc) is 3.38. The summed E-state index contributed by atoms with van der Waals surface area (Å²) in [7, 11) is 1.65. The summed E-state index contributed by atoms with van der Waals surface area (Å²) >= 11 is 0. The van der Waals surface area contributed by atoms with E-state index in [1.54, 1.807) is 7.05 Å². The first-order valence-electron chi connectivity index (χ1n) is 13.1. The third-order valence-electron chi connectivity index (χ3n) is 7.31. The number of rotatable bonds is 6. The zero-order valence-electron chi connectivity index (χ0n) is 21.7. The van der Waals surface area contributed by atoms with Crippen LogP contribution in [0.5, 0.6) is 0 Å².